The van der Waals surface area contributed by atoms with Crippen molar-refractivity contribution in [3.63, 3.8) is 0 Å². The zero-order chi connectivity index (χ0) is 16.8. The van der Waals surface area contributed by atoms with Crippen molar-refractivity contribution in [1.82, 2.24) is 4.90 Å². The molecule has 24 heavy (non-hydrogen) atoms. The number of likely N-dealkylation sites (tertiary alicyclic amines) is 1. The van der Waals surface area contributed by atoms with Gasteiger partial charge in [0.15, 0.2) is 0 Å². The lowest BCUT2D eigenvalue weighted by atomic mass is 9.58. The third-order valence-corrected chi connectivity index (χ3v) is 6.58. The Morgan fingerprint density at radius 3 is 2.42 bits per heavy atom. The molecule has 3 aliphatic rings. The predicted molar refractivity (Wildman–Crippen MR) is 91.6 cm³/mol. The average molecular weight is 329 g/mol. The molecule has 1 heterocycles. The summed E-state index contributed by atoms with van der Waals surface area (Å²) in [5.74, 6) is 0.283. The van der Waals surface area contributed by atoms with Crippen LogP contribution in [0.4, 0.5) is 0 Å². The number of amides is 1. The molecule has 4 rings (SSSR count). The summed E-state index contributed by atoms with van der Waals surface area (Å²) >= 11 is 0. The number of carbonyl (C=O) groups is 1. The highest BCUT2D eigenvalue weighted by Crippen LogP contribution is 2.53. The second kappa shape index (κ2) is 5.85. The van der Waals surface area contributed by atoms with Gasteiger partial charge in [0.25, 0.3) is 0 Å². The van der Waals surface area contributed by atoms with E-state index >= 15 is 0 Å². The van der Waals surface area contributed by atoms with Crippen molar-refractivity contribution in [3.05, 3.63) is 35.9 Å². The monoisotopic (exact) mass is 329 g/mol. The van der Waals surface area contributed by atoms with Crippen LogP contribution in [0.1, 0.15) is 44.6 Å². The van der Waals surface area contributed by atoms with Gasteiger partial charge in [0.2, 0.25) is 5.91 Å². The fraction of sp³-hybridized carbons (Fsp3) is 0.650. The van der Waals surface area contributed by atoms with E-state index < -0.39 is 0 Å². The molecule has 4 nitrogen and oxygen atoms in total. The van der Waals surface area contributed by atoms with Crippen LogP contribution < -0.4 is 0 Å². The summed E-state index contributed by atoms with van der Waals surface area (Å²) in [5, 5.41) is 10.3. The van der Waals surface area contributed by atoms with Crippen LogP contribution in [0.3, 0.4) is 0 Å². The number of carbonyl (C=O) groups excluding carboxylic acids is 1. The van der Waals surface area contributed by atoms with Crippen molar-refractivity contribution in [2.75, 3.05) is 19.7 Å². The number of nitrogens with zero attached hydrogens (tertiary/aromatic N) is 1. The fourth-order valence-electron chi connectivity index (χ4n) is 4.75. The number of piperidine rings is 1. The van der Waals surface area contributed by atoms with Gasteiger partial charge in [0.05, 0.1) is 17.6 Å². The lowest BCUT2D eigenvalue weighted by Gasteiger charge is -2.56. The van der Waals surface area contributed by atoms with E-state index in [1.807, 2.05) is 30.0 Å². The molecule has 1 aromatic rings. The van der Waals surface area contributed by atoms with E-state index in [9.17, 15) is 9.90 Å². The maximum atomic E-state index is 13.1. The molecule has 1 aromatic carbocycles. The second-order valence-corrected chi connectivity index (χ2v) is 7.67. The summed E-state index contributed by atoms with van der Waals surface area (Å²) < 4.78 is 5.82. The molecule has 0 radical (unpaired) electrons. The number of ether oxygens (including phenoxy) is 1. The standard InChI is InChI=1S/C20H27NO3/c1-2-24-17-14-16(22)20(17)10-12-21(13-11-20)18(23)19(8-9-19)15-6-4-3-5-7-15/h3-7,16-17,22H,2,8-14H2,1H3. The first-order valence-electron chi connectivity index (χ1n) is 9.27. The van der Waals surface area contributed by atoms with Crippen LogP contribution in [-0.4, -0.2) is 47.8 Å². The van der Waals surface area contributed by atoms with Gasteiger partial charge in [-0.05, 0) is 38.2 Å². The van der Waals surface area contributed by atoms with Crippen molar-refractivity contribution >= 4 is 5.91 Å². The van der Waals surface area contributed by atoms with E-state index in [1.165, 1.54) is 0 Å². The van der Waals surface area contributed by atoms with Crippen molar-refractivity contribution < 1.29 is 14.6 Å². The molecule has 2 saturated carbocycles. The van der Waals surface area contributed by atoms with Crippen LogP contribution in [0.25, 0.3) is 0 Å². The zero-order valence-corrected chi connectivity index (χ0v) is 14.4. The molecule has 3 fully saturated rings. The summed E-state index contributed by atoms with van der Waals surface area (Å²) in [7, 11) is 0. The Bertz CT molecular complexity index is 601. The van der Waals surface area contributed by atoms with E-state index in [0.29, 0.717) is 6.61 Å². The molecule has 0 bridgehead atoms. The number of benzene rings is 1. The Hall–Kier alpha value is -1.39. The van der Waals surface area contributed by atoms with Gasteiger partial charge in [-0.25, -0.2) is 0 Å². The Morgan fingerprint density at radius 2 is 1.88 bits per heavy atom. The maximum absolute atomic E-state index is 13.1. The predicted octanol–water partition coefficient (Wildman–Crippen LogP) is 2.50. The van der Waals surface area contributed by atoms with E-state index in [0.717, 1.165) is 50.8 Å². The Morgan fingerprint density at radius 1 is 1.21 bits per heavy atom. The largest absolute Gasteiger partial charge is 0.392 e. The Labute approximate surface area is 143 Å². The van der Waals surface area contributed by atoms with Gasteiger partial charge in [0.1, 0.15) is 0 Å². The quantitative estimate of drug-likeness (QED) is 0.923. The third kappa shape index (κ3) is 2.31. The molecule has 2 atom stereocenters. The van der Waals surface area contributed by atoms with Crippen LogP contribution in [0.15, 0.2) is 30.3 Å². The fourth-order valence-corrected chi connectivity index (χ4v) is 4.75. The summed E-state index contributed by atoms with van der Waals surface area (Å²) in [6.45, 7) is 4.19. The summed E-state index contributed by atoms with van der Waals surface area (Å²) in [5.41, 5.74) is 0.769. The molecule has 2 unspecified atom stereocenters. The highest BCUT2D eigenvalue weighted by atomic mass is 16.5. The minimum Gasteiger partial charge on any atom is -0.392 e. The highest BCUT2D eigenvalue weighted by Gasteiger charge is 2.58. The minimum absolute atomic E-state index is 0.115. The molecule has 2 aliphatic carbocycles. The van der Waals surface area contributed by atoms with Crippen molar-refractivity contribution in [3.8, 4) is 0 Å². The number of hydrogen-bond donors (Lipinski definition) is 1. The van der Waals surface area contributed by atoms with E-state index in [-0.39, 0.29) is 28.9 Å². The number of aliphatic hydroxyl groups excluding tert-OH is 1. The van der Waals surface area contributed by atoms with E-state index in [2.05, 4.69) is 12.1 Å². The minimum atomic E-state index is -0.274. The maximum Gasteiger partial charge on any atom is 0.233 e. The summed E-state index contributed by atoms with van der Waals surface area (Å²) in [6.07, 6.45) is 4.28. The molecular formula is C20H27NO3. The smallest absolute Gasteiger partial charge is 0.233 e. The summed E-state index contributed by atoms with van der Waals surface area (Å²) in [4.78, 5) is 15.1. The van der Waals surface area contributed by atoms with Crippen molar-refractivity contribution in [2.45, 2.75) is 56.7 Å². The van der Waals surface area contributed by atoms with Gasteiger partial charge in [-0.3, -0.25) is 4.79 Å². The van der Waals surface area contributed by atoms with Gasteiger partial charge >= 0.3 is 0 Å². The van der Waals surface area contributed by atoms with E-state index in [1.54, 1.807) is 0 Å². The van der Waals surface area contributed by atoms with Crippen LogP contribution >= 0.6 is 0 Å². The average Bonchev–Trinajstić information content (AvgIpc) is 3.44. The van der Waals surface area contributed by atoms with Gasteiger partial charge in [-0.2, -0.15) is 0 Å². The molecule has 1 N–H and O–H groups in total. The second-order valence-electron chi connectivity index (χ2n) is 7.67. The lowest BCUT2D eigenvalue weighted by molar-refractivity contribution is -0.210. The number of hydrogen-bond acceptors (Lipinski definition) is 3. The molecule has 1 saturated heterocycles. The van der Waals surface area contributed by atoms with Crippen LogP contribution in [-0.2, 0) is 14.9 Å². The third-order valence-electron chi connectivity index (χ3n) is 6.58. The highest BCUT2D eigenvalue weighted by molar-refractivity contribution is 5.91. The normalized spacial score (nSPS) is 30.0. The first kappa shape index (κ1) is 16.1. The molecule has 1 spiro atoms. The first-order chi connectivity index (χ1) is 11.6. The zero-order valence-electron chi connectivity index (χ0n) is 14.4. The summed E-state index contributed by atoms with van der Waals surface area (Å²) in [6, 6.07) is 10.2. The molecule has 1 amide bonds. The Balaban J connectivity index is 1.44. The molecular weight excluding hydrogens is 302 g/mol. The molecule has 4 heteroatoms. The molecule has 1 aliphatic heterocycles. The molecule has 0 aromatic heterocycles. The number of aliphatic hydroxyl groups is 1. The van der Waals surface area contributed by atoms with Gasteiger partial charge in [-0.15, -0.1) is 0 Å². The van der Waals surface area contributed by atoms with Crippen LogP contribution in [0.5, 0.6) is 0 Å². The van der Waals surface area contributed by atoms with Gasteiger partial charge in [-0.1, -0.05) is 30.3 Å². The molecule has 130 valence electrons. The Kier molecular flexibility index (Phi) is 3.92. The first-order valence-corrected chi connectivity index (χ1v) is 9.27. The van der Waals surface area contributed by atoms with Gasteiger partial charge in [0, 0.05) is 31.5 Å². The SMILES string of the molecule is CCOC1CC(O)C12CCN(C(=O)C1(c3ccccc3)CC1)CC2. The lowest BCUT2D eigenvalue weighted by Crippen LogP contribution is -2.63. The van der Waals surface area contributed by atoms with Gasteiger partial charge < -0.3 is 14.7 Å². The van der Waals surface area contributed by atoms with Crippen LogP contribution in [0, 0.1) is 5.41 Å². The van der Waals surface area contributed by atoms with E-state index in [4.69, 9.17) is 4.74 Å². The van der Waals surface area contributed by atoms with Crippen molar-refractivity contribution in [1.29, 1.82) is 0 Å². The van der Waals surface area contributed by atoms with Crippen molar-refractivity contribution in [2.24, 2.45) is 5.41 Å². The topological polar surface area (TPSA) is 49.8 Å². The van der Waals surface area contributed by atoms with Crippen LogP contribution in [0.2, 0.25) is 0 Å². The number of rotatable bonds is 4.